The summed E-state index contributed by atoms with van der Waals surface area (Å²) in [6.07, 6.45) is 0.980. The molecule has 3 aromatic rings. The summed E-state index contributed by atoms with van der Waals surface area (Å²) in [6.45, 7) is 1.71. The number of fused-ring (bicyclic) bond motifs is 2. The molecule has 132 valence electrons. The summed E-state index contributed by atoms with van der Waals surface area (Å²) >= 11 is 0. The lowest BCUT2D eigenvalue weighted by atomic mass is 9.97. The van der Waals surface area contributed by atoms with Crippen molar-refractivity contribution in [2.24, 2.45) is 0 Å². The van der Waals surface area contributed by atoms with E-state index in [4.69, 9.17) is 4.74 Å². The molecule has 1 aliphatic rings. The number of methoxy groups -OCH3 is 1. The van der Waals surface area contributed by atoms with Gasteiger partial charge in [-0.2, -0.15) is 0 Å². The lowest BCUT2D eigenvalue weighted by Gasteiger charge is -2.21. The van der Waals surface area contributed by atoms with Crippen LogP contribution in [0.1, 0.15) is 28.3 Å². The summed E-state index contributed by atoms with van der Waals surface area (Å²) < 4.78 is 5.22. The molecule has 1 heterocycles. The van der Waals surface area contributed by atoms with Crippen LogP contribution >= 0.6 is 0 Å². The van der Waals surface area contributed by atoms with Gasteiger partial charge >= 0.3 is 0 Å². The zero-order chi connectivity index (χ0) is 17.8. The largest absolute Gasteiger partial charge is 0.497 e. The predicted molar refractivity (Wildman–Crippen MR) is 107 cm³/mol. The van der Waals surface area contributed by atoms with E-state index in [-0.39, 0.29) is 6.04 Å². The van der Waals surface area contributed by atoms with Gasteiger partial charge in [-0.05, 0) is 46.9 Å². The number of benzene rings is 3. The van der Waals surface area contributed by atoms with Crippen LogP contribution in [-0.4, -0.2) is 13.7 Å². The van der Waals surface area contributed by atoms with E-state index >= 15 is 0 Å². The second kappa shape index (κ2) is 7.63. The highest BCUT2D eigenvalue weighted by Gasteiger charge is 2.20. The molecule has 1 aliphatic heterocycles. The fourth-order valence-corrected chi connectivity index (χ4v) is 3.59. The lowest BCUT2D eigenvalue weighted by Crippen LogP contribution is -2.26. The lowest BCUT2D eigenvalue weighted by molar-refractivity contribution is 0.414. The van der Waals surface area contributed by atoms with Gasteiger partial charge in [0.05, 0.1) is 13.2 Å². The van der Waals surface area contributed by atoms with Crippen molar-refractivity contribution in [2.45, 2.75) is 19.0 Å². The minimum Gasteiger partial charge on any atom is -0.497 e. The number of anilines is 1. The highest BCUT2D eigenvalue weighted by molar-refractivity contribution is 5.58. The standard InChI is InChI=1S/C23H24N2O/c1-26-20-12-10-17(11-13-20)15-24-16-23-21-8-4-2-6-18(21)14-19-7-3-5-9-22(19)25-23/h2-13,23-25H,14-16H2,1H3. The summed E-state index contributed by atoms with van der Waals surface area (Å²) in [5.41, 5.74) is 6.64. The Kier molecular flexibility index (Phi) is 4.89. The average molecular weight is 344 g/mol. The van der Waals surface area contributed by atoms with Crippen LogP contribution in [-0.2, 0) is 13.0 Å². The van der Waals surface area contributed by atoms with Gasteiger partial charge in [-0.15, -0.1) is 0 Å². The average Bonchev–Trinajstić information content (AvgIpc) is 2.85. The van der Waals surface area contributed by atoms with Crippen LogP contribution in [0.5, 0.6) is 5.75 Å². The number of ether oxygens (including phenoxy) is 1. The molecule has 0 fully saturated rings. The van der Waals surface area contributed by atoms with E-state index in [0.717, 1.165) is 25.3 Å². The van der Waals surface area contributed by atoms with Gasteiger partial charge in [-0.3, -0.25) is 0 Å². The fourth-order valence-electron chi connectivity index (χ4n) is 3.59. The molecule has 0 spiro atoms. The molecule has 4 rings (SSSR count). The molecule has 0 saturated heterocycles. The Bertz CT molecular complexity index is 873. The molecular formula is C23H24N2O. The first-order valence-electron chi connectivity index (χ1n) is 9.09. The van der Waals surface area contributed by atoms with E-state index in [9.17, 15) is 0 Å². The highest BCUT2D eigenvalue weighted by atomic mass is 16.5. The quantitative estimate of drug-likeness (QED) is 0.713. The number of nitrogens with one attached hydrogen (secondary N) is 2. The SMILES string of the molecule is COc1ccc(CNCC2Nc3ccccc3Cc3ccccc32)cc1. The summed E-state index contributed by atoms with van der Waals surface area (Å²) in [7, 11) is 1.69. The third-order valence-electron chi connectivity index (χ3n) is 5.00. The van der Waals surface area contributed by atoms with Gasteiger partial charge in [0.15, 0.2) is 0 Å². The van der Waals surface area contributed by atoms with E-state index in [2.05, 4.69) is 71.3 Å². The zero-order valence-corrected chi connectivity index (χ0v) is 15.0. The maximum atomic E-state index is 5.22. The van der Waals surface area contributed by atoms with Gasteiger partial charge in [0.2, 0.25) is 0 Å². The van der Waals surface area contributed by atoms with Crippen molar-refractivity contribution in [3.8, 4) is 5.75 Å². The van der Waals surface area contributed by atoms with Gasteiger partial charge in [-0.25, -0.2) is 0 Å². The molecule has 0 aliphatic carbocycles. The Labute approximate surface area is 155 Å². The molecule has 0 radical (unpaired) electrons. The number of hydrogen-bond acceptors (Lipinski definition) is 3. The van der Waals surface area contributed by atoms with E-state index < -0.39 is 0 Å². The first-order valence-corrected chi connectivity index (χ1v) is 9.09. The van der Waals surface area contributed by atoms with Gasteiger partial charge in [0, 0.05) is 18.8 Å². The summed E-state index contributed by atoms with van der Waals surface area (Å²) in [5.74, 6) is 0.893. The third kappa shape index (κ3) is 3.58. The molecule has 2 N–H and O–H groups in total. The van der Waals surface area contributed by atoms with Crippen LogP contribution < -0.4 is 15.4 Å². The fraction of sp³-hybridized carbons (Fsp3) is 0.217. The predicted octanol–water partition coefficient (Wildman–Crippen LogP) is 4.54. The second-order valence-corrected chi connectivity index (χ2v) is 6.71. The molecule has 3 nitrogen and oxygen atoms in total. The number of para-hydroxylation sites is 1. The highest BCUT2D eigenvalue weighted by Crippen LogP contribution is 2.31. The Hall–Kier alpha value is -2.78. The van der Waals surface area contributed by atoms with Crippen LogP contribution in [0.15, 0.2) is 72.8 Å². The molecule has 0 saturated carbocycles. The van der Waals surface area contributed by atoms with E-state index in [1.165, 1.54) is 27.9 Å². The van der Waals surface area contributed by atoms with Gasteiger partial charge in [0.1, 0.15) is 5.75 Å². The molecule has 1 atom stereocenters. The Balaban J connectivity index is 1.49. The Morgan fingerprint density at radius 2 is 1.65 bits per heavy atom. The molecule has 26 heavy (non-hydrogen) atoms. The van der Waals surface area contributed by atoms with Crippen LogP contribution in [0, 0.1) is 0 Å². The molecule has 3 aromatic carbocycles. The maximum absolute atomic E-state index is 5.22. The van der Waals surface area contributed by atoms with Crippen molar-refractivity contribution in [1.82, 2.24) is 5.32 Å². The third-order valence-corrected chi connectivity index (χ3v) is 5.00. The van der Waals surface area contributed by atoms with Crippen LogP contribution in [0.4, 0.5) is 5.69 Å². The molecule has 0 amide bonds. The Morgan fingerprint density at radius 1 is 0.923 bits per heavy atom. The minimum absolute atomic E-state index is 0.257. The van der Waals surface area contributed by atoms with Crippen molar-refractivity contribution in [3.05, 3.63) is 95.1 Å². The first-order chi connectivity index (χ1) is 12.8. The summed E-state index contributed by atoms with van der Waals surface area (Å²) in [6, 6.07) is 25.8. The van der Waals surface area contributed by atoms with Crippen LogP contribution in [0.25, 0.3) is 0 Å². The van der Waals surface area contributed by atoms with Crippen molar-refractivity contribution in [1.29, 1.82) is 0 Å². The van der Waals surface area contributed by atoms with Crippen molar-refractivity contribution in [3.63, 3.8) is 0 Å². The van der Waals surface area contributed by atoms with Crippen molar-refractivity contribution >= 4 is 5.69 Å². The molecular weight excluding hydrogens is 320 g/mol. The van der Waals surface area contributed by atoms with Crippen molar-refractivity contribution < 1.29 is 4.74 Å². The van der Waals surface area contributed by atoms with Crippen molar-refractivity contribution in [2.75, 3.05) is 19.0 Å². The van der Waals surface area contributed by atoms with E-state index in [1.807, 2.05) is 12.1 Å². The van der Waals surface area contributed by atoms with E-state index in [1.54, 1.807) is 7.11 Å². The normalized spacial score (nSPS) is 15.3. The number of hydrogen-bond donors (Lipinski definition) is 2. The molecule has 0 aromatic heterocycles. The van der Waals surface area contributed by atoms with Gasteiger partial charge < -0.3 is 15.4 Å². The Morgan fingerprint density at radius 3 is 2.46 bits per heavy atom. The maximum Gasteiger partial charge on any atom is 0.118 e. The monoisotopic (exact) mass is 344 g/mol. The number of rotatable bonds is 5. The van der Waals surface area contributed by atoms with Crippen LogP contribution in [0.2, 0.25) is 0 Å². The molecule has 0 bridgehead atoms. The second-order valence-electron chi connectivity index (χ2n) is 6.71. The first kappa shape index (κ1) is 16.7. The zero-order valence-electron chi connectivity index (χ0n) is 15.0. The topological polar surface area (TPSA) is 33.3 Å². The van der Waals surface area contributed by atoms with Crippen LogP contribution in [0.3, 0.4) is 0 Å². The summed E-state index contributed by atoms with van der Waals surface area (Å²) in [5, 5.41) is 7.34. The minimum atomic E-state index is 0.257. The van der Waals surface area contributed by atoms with E-state index in [0.29, 0.717) is 0 Å². The molecule has 1 unspecified atom stereocenters. The molecule has 3 heteroatoms. The van der Waals surface area contributed by atoms with Gasteiger partial charge in [-0.1, -0.05) is 54.6 Å². The summed E-state index contributed by atoms with van der Waals surface area (Å²) in [4.78, 5) is 0. The van der Waals surface area contributed by atoms with Gasteiger partial charge in [0.25, 0.3) is 0 Å². The smallest absolute Gasteiger partial charge is 0.118 e.